The summed E-state index contributed by atoms with van der Waals surface area (Å²) in [4.78, 5) is 26.4. The summed E-state index contributed by atoms with van der Waals surface area (Å²) in [6, 6.07) is 1.41. The minimum Gasteiger partial charge on any atom is -0.452 e. The number of halogens is 5. The fourth-order valence-corrected chi connectivity index (χ4v) is 3.28. The molecule has 0 aliphatic carbocycles. The van der Waals surface area contributed by atoms with E-state index in [9.17, 15) is 22.8 Å². The van der Waals surface area contributed by atoms with Crippen molar-refractivity contribution in [1.82, 2.24) is 9.78 Å². The molecule has 2 heterocycles. The van der Waals surface area contributed by atoms with Gasteiger partial charge in [0.15, 0.2) is 5.82 Å². The van der Waals surface area contributed by atoms with Gasteiger partial charge in [0, 0.05) is 7.05 Å². The molecule has 12 heteroatoms. The van der Waals surface area contributed by atoms with E-state index < -0.39 is 23.7 Å². The Morgan fingerprint density at radius 3 is 2.37 bits per heavy atom. The lowest BCUT2D eigenvalue weighted by Crippen LogP contribution is -2.47. The van der Waals surface area contributed by atoms with E-state index in [4.69, 9.17) is 23.2 Å². The summed E-state index contributed by atoms with van der Waals surface area (Å²) in [6.07, 6.45) is -4.22. The smallest absolute Gasteiger partial charge is 0.416 e. The average Bonchev–Trinajstić information content (AvgIpc) is 3.01. The van der Waals surface area contributed by atoms with Gasteiger partial charge in [-0.1, -0.05) is 23.2 Å². The maximum Gasteiger partial charge on any atom is 0.416 e. The van der Waals surface area contributed by atoms with Gasteiger partial charge in [-0.15, -0.1) is 0 Å². The quantitative estimate of drug-likeness (QED) is 0.701. The highest BCUT2D eigenvalue weighted by atomic mass is 35.5. The van der Waals surface area contributed by atoms with Crippen LogP contribution in [0.2, 0.25) is 10.0 Å². The van der Waals surface area contributed by atoms with E-state index in [2.05, 4.69) is 9.84 Å². The van der Waals surface area contributed by atoms with Crippen LogP contribution in [-0.2, 0) is 15.7 Å². The fourth-order valence-electron chi connectivity index (χ4n) is 2.63. The number of anilines is 2. The predicted molar refractivity (Wildman–Crippen MR) is 91.7 cm³/mol. The van der Waals surface area contributed by atoms with Gasteiger partial charge in [0.05, 0.1) is 28.9 Å². The van der Waals surface area contributed by atoms with Gasteiger partial charge in [-0.05, 0) is 12.1 Å². The normalized spacial score (nSPS) is 14.4. The number of benzene rings is 1. The molecule has 0 unspecified atom stereocenters. The number of carbonyl (C=O) groups is 2. The Labute approximate surface area is 160 Å². The van der Waals surface area contributed by atoms with Crippen LogP contribution in [0.1, 0.15) is 5.56 Å². The number of hydrogen-bond acceptors (Lipinski definition) is 4. The van der Waals surface area contributed by atoms with Crippen molar-refractivity contribution in [2.24, 2.45) is 0 Å². The van der Waals surface area contributed by atoms with Gasteiger partial charge in [-0.2, -0.15) is 18.3 Å². The van der Waals surface area contributed by atoms with Crippen LogP contribution < -0.4 is 9.80 Å². The lowest BCUT2D eigenvalue weighted by Gasteiger charge is -2.31. The molecular formula is C15H11Cl2F3N4O3. The first-order valence-corrected chi connectivity index (χ1v) is 8.08. The monoisotopic (exact) mass is 422 g/mol. The Morgan fingerprint density at radius 1 is 1.26 bits per heavy atom. The SMILES string of the molecule is COC(=O)N1CC(=O)N(C)c2cnn(-c3c(Cl)cc(C(F)(F)F)cc3Cl)c21. The summed E-state index contributed by atoms with van der Waals surface area (Å²) in [6.45, 7) is -0.349. The zero-order valence-corrected chi connectivity index (χ0v) is 15.4. The lowest BCUT2D eigenvalue weighted by molar-refractivity contribution is -0.137. The van der Waals surface area contributed by atoms with E-state index in [0.29, 0.717) is 12.1 Å². The minimum absolute atomic E-state index is 0.0655. The highest BCUT2D eigenvalue weighted by molar-refractivity contribution is 6.38. The number of fused-ring (bicyclic) bond motifs is 1. The Hall–Kier alpha value is -2.46. The minimum atomic E-state index is -4.64. The standard InChI is InChI=1S/C15H11Cl2F3N4O3/c1-22-10-5-21-24(13(10)23(6-11(22)25)14(26)27-2)12-8(16)3-7(4-9(12)17)15(18,19)20/h3-5H,6H2,1-2H3. The van der Waals surface area contributed by atoms with Crippen LogP contribution in [0.5, 0.6) is 0 Å². The van der Waals surface area contributed by atoms with Gasteiger partial charge in [0.2, 0.25) is 5.91 Å². The first-order chi connectivity index (χ1) is 12.6. The van der Waals surface area contributed by atoms with Crippen LogP contribution in [0.15, 0.2) is 18.3 Å². The van der Waals surface area contributed by atoms with Crippen molar-refractivity contribution in [2.75, 3.05) is 30.5 Å². The molecule has 144 valence electrons. The highest BCUT2D eigenvalue weighted by Crippen LogP contribution is 2.41. The summed E-state index contributed by atoms with van der Waals surface area (Å²) in [5.74, 6) is -0.315. The Bertz CT molecular complexity index is 922. The van der Waals surface area contributed by atoms with E-state index in [1.165, 1.54) is 18.1 Å². The molecule has 1 aliphatic rings. The number of likely N-dealkylation sites (N-methyl/N-ethyl adjacent to an activating group) is 1. The second kappa shape index (κ2) is 6.61. The zero-order valence-electron chi connectivity index (χ0n) is 13.8. The molecule has 2 amide bonds. The number of alkyl halides is 3. The second-order valence-electron chi connectivity index (χ2n) is 5.56. The van der Waals surface area contributed by atoms with Crippen molar-refractivity contribution in [3.63, 3.8) is 0 Å². The van der Waals surface area contributed by atoms with Crippen molar-refractivity contribution >= 4 is 46.7 Å². The van der Waals surface area contributed by atoms with Gasteiger partial charge >= 0.3 is 12.3 Å². The second-order valence-corrected chi connectivity index (χ2v) is 6.37. The number of amides is 2. The number of rotatable bonds is 1. The molecule has 0 N–H and O–H groups in total. The van der Waals surface area contributed by atoms with Crippen LogP contribution in [0.25, 0.3) is 5.69 Å². The molecule has 0 atom stereocenters. The molecule has 0 saturated carbocycles. The summed E-state index contributed by atoms with van der Waals surface area (Å²) in [5.41, 5.74) is -0.854. The summed E-state index contributed by atoms with van der Waals surface area (Å²) < 4.78 is 44.6. The number of aromatic nitrogens is 2. The molecule has 27 heavy (non-hydrogen) atoms. The molecule has 0 saturated heterocycles. The van der Waals surface area contributed by atoms with Crippen LogP contribution in [0.4, 0.5) is 29.5 Å². The molecule has 0 fully saturated rings. The van der Waals surface area contributed by atoms with Crippen molar-refractivity contribution in [1.29, 1.82) is 0 Å². The third-order valence-electron chi connectivity index (χ3n) is 3.96. The Morgan fingerprint density at radius 2 is 1.85 bits per heavy atom. The average molecular weight is 423 g/mol. The highest BCUT2D eigenvalue weighted by Gasteiger charge is 2.37. The topological polar surface area (TPSA) is 67.7 Å². The Kier molecular flexibility index (Phi) is 4.73. The molecule has 1 aromatic heterocycles. The third-order valence-corrected chi connectivity index (χ3v) is 4.54. The van der Waals surface area contributed by atoms with E-state index in [1.54, 1.807) is 0 Å². The van der Waals surface area contributed by atoms with Crippen LogP contribution in [-0.4, -0.2) is 42.5 Å². The van der Waals surface area contributed by atoms with E-state index in [-0.39, 0.29) is 33.8 Å². The number of methoxy groups -OCH3 is 1. The maximum atomic E-state index is 13.0. The first kappa shape index (κ1) is 19.3. The third kappa shape index (κ3) is 3.19. The first-order valence-electron chi connectivity index (χ1n) is 7.33. The van der Waals surface area contributed by atoms with Crippen molar-refractivity contribution in [2.45, 2.75) is 6.18 Å². The molecule has 0 spiro atoms. The van der Waals surface area contributed by atoms with Crippen molar-refractivity contribution < 1.29 is 27.5 Å². The summed E-state index contributed by atoms with van der Waals surface area (Å²) in [7, 11) is 2.60. The van der Waals surface area contributed by atoms with E-state index in [1.807, 2.05) is 0 Å². The Balaban J connectivity index is 2.23. The van der Waals surface area contributed by atoms with Crippen LogP contribution in [0, 0.1) is 0 Å². The molecule has 1 aliphatic heterocycles. The largest absolute Gasteiger partial charge is 0.452 e. The van der Waals surface area contributed by atoms with Gasteiger partial charge < -0.3 is 9.64 Å². The number of ether oxygens (including phenoxy) is 1. The number of nitrogens with zero attached hydrogens (tertiary/aromatic N) is 4. The molecule has 0 bridgehead atoms. The molecular weight excluding hydrogens is 412 g/mol. The molecule has 7 nitrogen and oxygen atoms in total. The summed E-state index contributed by atoms with van der Waals surface area (Å²) in [5, 5.41) is 3.40. The van der Waals surface area contributed by atoms with Crippen molar-refractivity contribution in [3.05, 3.63) is 33.9 Å². The van der Waals surface area contributed by atoms with Gasteiger partial charge in [-0.3, -0.25) is 9.69 Å². The fraction of sp³-hybridized carbons (Fsp3) is 0.267. The molecule has 1 aromatic carbocycles. The van der Waals surface area contributed by atoms with E-state index in [0.717, 1.165) is 16.7 Å². The number of carbonyl (C=O) groups excluding carboxylic acids is 2. The van der Waals surface area contributed by atoms with Gasteiger partial charge in [0.1, 0.15) is 17.9 Å². The molecule has 3 rings (SSSR count). The molecule has 2 aromatic rings. The zero-order chi connectivity index (χ0) is 20.1. The maximum absolute atomic E-state index is 13.0. The van der Waals surface area contributed by atoms with Gasteiger partial charge in [0.25, 0.3) is 0 Å². The lowest BCUT2D eigenvalue weighted by atomic mass is 10.2. The molecule has 0 radical (unpaired) electrons. The predicted octanol–water partition coefficient (Wildman–Crippen LogP) is 3.75. The van der Waals surface area contributed by atoms with Crippen molar-refractivity contribution in [3.8, 4) is 5.69 Å². The number of hydrogen-bond donors (Lipinski definition) is 0. The van der Waals surface area contributed by atoms with Gasteiger partial charge in [-0.25, -0.2) is 9.48 Å². The van der Waals surface area contributed by atoms with Crippen LogP contribution in [0.3, 0.4) is 0 Å². The van der Waals surface area contributed by atoms with E-state index >= 15 is 0 Å². The van der Waals surface area contributed by atoms with Crippen LogP contribution >= 0.6 is 23.2 Å². The summed E-state index contributed by atoms with van der Waals surface area (Å²) >= 11 is 12.1.